The van der Waals surface area contributed by atoms with E-state index in [4.69, 9.17) is 16.0 Å². The molecule has 0 aliphatic rings. The number of hydrogen-bond donors (Lipinski definition) is 0. The molecule has 0 aliphatic heterocycles. The predicted octanol–water partition coefficient (Wildman–Crippen LogP) is 4.30. The summed E-state index contributed by atoms with van der Waals surface area (Å²) in [5.41, 5.74) is 0.970. The summed E-state index contributed by atoms with van der Waals surface area (Å²) in [6.07, 6.45) is 2.14. The van der Waals surface area contributed by atoms with Crippen LogP contribution in [-0.4, -0.2) is 10.2 Å². The molecule has 2 rings (SSSR count). The van der Waals surface area contributed by atoms with Gasteiger partial charge in [0.1, 0.15) is 5.38 Å². The summed E-state index contributed by atoms with van der Waals surface area (Å²) in [5.74, 6) is 1.44. The van der Waals surface area contributed by atoms with Gasteiger partial charge in [0.05, 0.1) is 0 Å². The maximum absolute atomic E-state index is 6.33. The summed E-state index contributed by atoms with van der Waals surface area (Å²) in [4.78, 5) is 0. The highest BCUT2D eigenvalue weighted by Crippen LogP contribution is 2.29. The van der Waals surface area contributed by atoms with Crippen molar-refractivity contribution in [2.45, 2.75) is 38.0 Å². The van der Waals surface area contributed by atoms with E-state index in [0.717, 1.165) is 18.4 Å². The zero-order valence-corrected chi connectivity index (χ0v) is 11.4. The Labute approximate surface area is 112 Å². The standard InChI is InChI=1S/C14H17ClN2O/c1-3-7-10(2)13-16-17-14(18-13)12(15)11-8-5-4-6-9-11/h4-6,8-10,12H,3,7H2,1-2H3. The maximum Gasteiger partial charge on any atom is 0.238 e. The van der Waals surface area contributed by atoms with Crippen molar-refractivity contribution in [3.63, 3.8) is 0 Å². The number of halogens is 1. The molecule has 2 atom stereocenters. The lowest BCUT2D eigenvalue weighted by Gasteiger charge is -2.05. The first-order valence-corrected chi connectivity index (χ1v) is 6.68. The predicted molar refractivity (Wildman–Crippen MR) is 71.8 cm³/mol. The van der Waals surface area contributed by atoms with Crippen LogP contribution in [0.15, 0.2) is 34.7 Å². The molecular formula is C14H17ClN2O. The van der Waals surface area contributed by atoms with Gasteiger partial charge in [0, 0.05) is 5.92 Å². The summed E-state index contributed by atoms with van der Waals surface area (Å²) in [6, 6.07) is 9.76. The Morgan fingerprint density at radius 1 is 1.17 bits per heavy atom. The molecule has 1 aromatic carbocycles. The molecular weight excluding hydrogens is 248 g/mol. The van der Waals surface area contributed by atoms with Crippen LogP contribution >= 0.6 is 11.6 Å². The van der Waals surface area contributed by atoms with Gasteiger partial charge in [-0.2, -0.15) is 0 Å². The molecule has 0 aliphatic carbocycles. The van der Waals surface area contributed by atoms with Crippen molar-refractivity contribution < 1.29 is 4.42 Å². The Morgan fingerprint density at radius 3 is 2.50 bits per heavy atom. The van der Waals surface area contributed by atoms with E-state index in [1.807, 2.05) is 30.3 Å². The van der Waals surface area contributed by atoms with Gasteiger partial charge in [0.25, 0.3) is 0 Å². The molecule has 0 bridgehead atoms. The highest BCUT2D eigenvalue weighted by Gasteiger charge is 2.20. The molecule has 2 aromatic rings. The van der Waals surface area contributed by atoms with Crippen LogP contribution < -0.4 is 0 Å². The topological polar surface area (TPSA) is 38.9 Å². The summed E-state index contributed by atoms with van der Waals surface area (Å²) < 4.78 is 5.66. The molecule has 0 N–H and O–H groups in total. The van der Waals surface area contributed by atoms with Crippen molar-refractivity contribution in [2.24, 2.45) is 0 Å². The van der Waals surface area contributed by atoms with Crippen LogP contribution in [0.3, 0.4) is 0 Å². The van der Waals surface area contributed by atoms with Gasteiger partial charge in [0.2, 0.25) is 11.8 Å². The van der Waals surface area contributed by atoms with Crippen LogP contribution in [0.5, 0.6) is 0 Å². The van der Waals surface area contributed by atoms with E-state index in [1.165, 1.54) is 0 Å². The summed E-state index contributed by atoms with van der Waals surface area (Å²) in [6.45, 7) is 4.23. The van der Waals surface area contributed by atoms with Crippen LogP contribution in [0, 0.1) is 0 Å². The number of rotatable bonds is 5. The van der Waals surface area contributed by atoms with Gasteiger partial charge in [-0.05, 0) is 12.0 Å². The molecule has 4 heteroatoms. The van der Waals surface area contributed by atoms with Gasteiger partial charge < -0.3 is 4.42 Å². The van der Waals surface area contributed by atoms with Gasteiger partial charge in [0.15, 0.2) is 0 Å². The Hall–Kier alpha value is -1.35. The van der Waals surface area contributed by atoms with E-state index in [9.17, 15) is 0 Å². The molecule has 3 nitrogen and oxygen atoms in total. The Bertz CT molecular complexity index is 484. The zero-order valence-electron chi connectivity index (χ0n) is 10.6. The van der Waals surface area contributed by atoms with E-state index in [2.05, 4.69) is 24.0 Å². The molecule has 1 heterocycles. The second-order valence-corrected chi connectivity index (χ2v) is 4.88. The average molecular weight is 265 g/mol. The van der Waals surface area contributed by atoms with Gasteiger partial charge in [-0.3, -0.25) is 0 Å². The van der Waals surface area contributed by atoms with E-state index in [0.29, 0.717) is 11.8 Å². The van der Waals surface area contributed by atoms with Crippen molar-refractivity contribution in [1.29, 1.82) is 0 Å². The minimum absolute atomic E-state index is 0.288. The van der Waals surface area contributed by atoms with Crippen molar-refractivity contribution in [3.8, 4) is 0 Å². The average Bonchev–Trinajstić information content (AvgIpc) is 2.89. The molecule has 0 spiro atoms. The van der Waals surface area contributed by atoms with Gasteiger partial charge >= 0.3 is 0 Å². The van der Waals surface area contributed by atoms with E-state index in [1.54, 1.807) is 0 Å². The minimum Gasteiger partial charge on any atom is -0.423 e. The maximum atomic E-state index is 6.33. The monoisotopic (exact) mass is 264 g/mol. The fraction of sp³-hybridized carbons (Fsp3) is 0.429. The molecule has 0 amide bonds. The third-order valence-electron chi connectivity index (χ3n) is 2.91. The van der Waals surface area contributed by atoms with E-state index >= 15 is 0 Å². The second kappa shape index (κ2) is 6.01. The first-order chi connectivity index (χ1) is 8.72. The Balaban J connectivity index is 2.15. The SMILES string of the molecule is CCCC(C)c1nnc(C(Cl)c2ccccc2)o1. The van der Waals surface area contributed by atoms with Crippen molar-refractivity contribution >= 4 is 11.6 Å². The molecule has 0 radical (unpaired) electrons. The molecule has 0 fully saturated rings. The van der Waals surface area contributed by atoms with Gasteiger partial charge in [-0.25, -0.2) is 0 Å². The first kappa shape index (κ1) is 13.1. The van der Waals surface area contributed by atoms with Crippen molar-refractivity contribution in [2.75, 3.05) is 0 Å². The molecule has 0 saturated carbocycles. The third kappa shape index (κ3) is 2.91. The number of hydrogen-bond acceptors (Lipinski definition) is 3. The second-order valence-electron chi connectivity index (χ2n) is 4.44. The van der Waals surface area contributed by atoms with Crippen LogP contribution in [0.25, 0.3) is 0 Å². The molecule has 0 saturated heterocycles. The van der Waals surface area contributed by atoms with E-state index in [-0.39, 0.29) is 11.3 Å². The summed E-state index contributed by atoms with van der Waals surface area (Å²) >= 11 is 6.33. The van der Waals surface area contributed by atoms with Crippen LogP contribution in [0.1, 0.15) is 55.3 Å². The van der Waals surface area contributed by atoms with Gasteiger partial charge in [-0.15, -0.1) is 21.8 Å². The summed E-state index contributed by atoms with van der Waals surface area (Å²) in [5, 5.41) is 7.75. The van der Waals surface area contributed by atoms with Gasteiger partial charge in [-0.1, -0.05) is 50.6 Å². The molecule has 2 unspecified atom stereocenters. The fourth-order valence-electron chi connectivity index (χ4n) is 1.87. The number of nitrogens with zero attached hydrogens (tertiary/aromatic N) is 2. The van der Waals surface area contributed by atoms with Crippen molar-refractivity contribution in [1.82, 2.24) is 10.2 Å². The largest absolute Gasteiger partial charge is 0.423 e. The fourth-order valence-corrected chi connectivity index (χ4v) is 2.10. The highest BCUT2D eigenvalue weighted by atomic mass is 35.5. The lowest BCUT2D eigenvalue weighted by atomic mass is 10.1. The quantitative estimate of drug-likeness (QED) is 0.756. The summed E-state index contributed by atoms with van der Waals surface area (Å²) in [7, 11) is 0. The smallest absolute Gasteiger partial charge is 0.238 e. The Morgan fingerprint density at radius 2 is 1.83 bits per heavy atom. The Kier molecular flexibility index (Phi) is 4.37. The lowest BCUT2D eigenvalue weighted by molar-refractivity contribution is 0.416. The molecule has 96 valence electrons. The minimum atomic E-state index is -0.374. The van der Waals surface area contributed by atoms with Crippen LogP contribution in [0.4, 0.5) is 0 Å². The van der Waals surface area contributed by atoms with Crippen LogP contribution in [-0.2, 0) is 0 Å². The first-order valence-electron chi connectivity index (χ1n) is 6.24. The number of benzene rings is 1. The van der Waals surface area contributed by atoms with Crippen LogP contribution in [0.2, 0.25) is 0 Å². The number of alkyl halides is 1. The molecule has 1 aromatic heterocycles. The zero-order chi connectivity index (χ0) is 13.0. The van der Waals surface area contributed by atoms with E-state index < -0.39 is 0 Å². The lowest BCUT2D eigenvalue weighted by Crippen LogP contribution is -1.93. The third-order valence-corrected chi connectivity index (χ3v) is 3.35. The number of aromatic nitrogens is 2. The normalized spacial score (nSPS) is 14.4. The molecule has 18 heavy (non-hydrogen) atoms. The van der Waals surface area contributed by atoms with Crippen molar-refractivity contribution in [3.05, 3.63) is 47.7 Å². The highest BCUT2D eigenvalue weighted by molar-refractivity contribution is 6.22.